The predicted octanol–water partition coefficient (Wildman–Crippen LogP) is 0.203. The predicted molar refractivity (Wildman–Crippen MR) is 76.1 cm³/mol. The number of rotatable bonds is 3. The fraction of sp³-hybridized carbons (Fsp3) is 0.333. The lowest BCUT2D eigenvalue weighted by molar-refractivity contribution is -0.122. The summed E-state index contributed by atoms with van der Waals surface area (Å²) in [6, 6.07) is 4.48. The van der Waals surface area contributed by atoms with E-state index in [9.17, 15) is 9.59 Å². The van der Waals surface area contributed by atoms with Crippen molar-refractivity contribution in [3.63, 3.8) is 0 Å². The van der Waals surface area contributed by atoms with E-state index in [-0.39, 0.29) is 18.4 Å². The summed E-state index contributed by atoms with van der Waals surface area (Å²) in [5, 5.41) is 13.8. The van der Waals surface area contributed by atoms with Crippen molar-refractivity contribution in [2.75, 3.05) is 13.7 Å². The molecule has 0 aliphatic rings. The molecule has 5 heteroatoms. The molecule has 0 spiro atoms. The number of aryl methyl sites for hydroxylation is 1. The van der Waals surface area contributed by atoms with Gasteiger partial charge in [-0.15, -0.1) is 0 Å². The van der Waals surface area contributed by atoms with Crippen molar-refractivity contribution in [1.82, 2.24) is 10.6 Å². The standard InChI is InChI=1S/C15H18N2O3/c1-10-6-7-13(9-12(10)5-4-8-18)15(20)17-11(2)14(19)16-3/h6-7,9,11,18H,8H2,1-3H3,(H,16,19)(H,17,20). The molecule has 106 valence electrons. The van der Waals surface area contributed by atoms with Gasteiger partial charge in [0.1, 0.15) is 12.6 Å². The second-order valence-electron chi connectivity index (χ2n) is 4.30. The number of nitrogens with one attached hydrogen (secondary N) is 2. The van der Waals surface area contributed by atoms with Crippen LogP contribution in [0.25, 0.3) is 0 Å². The Hall–Kier alpha value is -2.32. The van der Waals surface area contributed by atoms with Crippen LogP contribution in [-0.4, -0.2) is 36.6 Å². The molecule has 0 saturated carbocycles. The Morgan fingerprint density at radius 1 is 1.40 bits per heavy atom. The molecular formula is C15H18N2O3. The molecule has 0 fully saturated rings. The maximum absolute atomic E-state index is 12.0. The van der Waals surface area contributed by atoms with Gasteiger partial charge >= 0.3 is 0 Å². The van der Waals surface area contributed by atoms with Crippen molar-refractivity contribution in [3.8, 4) is 11.8 Å². The van der Waals surface area contributed by atoms with E-state index < -0.39 is 6.04 Å². The molecule has 0 aliphatic carbocycles. The smallest absolute Gasteiger partial charge is 0.251 e. The van der Waals surface area contributed by atoms with E-state index in [1.54, 1.807) is 25.1 Å². The molecule has 0 saturated heterocycles. The minimum absolute atomic E-state index is 0.233. The van der Waals surface area contributed by atoms with Crippen molar-refractivity contribution in [2.45, 2.75) is 19.9 Å². The zero-order chi connectivity index (χ0) is 15.1. The van der Waals surface area contributed by atoms with Crippen LogP contribution in [0.4, 0.5) is 0 Å². The highest BCUT2D eigenvalue weighted by molar-refractivity contribution is 5.97. The first-order chi connectivity index (χ1) is 9.49. The largest absolute Gasteiger partial charge is 0.384 e. The van der Waals surface area contributed by atoms with Crippen LogP contribution in [-0.2, 0) is 4.79 Å². The third-order valence-corrected chi connectivity index (χ3v) is 2.79. The molecule has 1 atom stereocenters. The normalized spacial score (nSPS) is 11.0. The molecule has 3 N–H and O–H groups in total. The molecule has 20 heavy (non-hydrogen) atoms. The summed E-state index contributed by atoms with van der Waals surface area (Å²) in [4.78, 5) is 23.4. The van der Waals surface area contributed by atoms with Gasteiger partial charge in [0.05, 0.1) is 0 Å². The molecule has 0 bridgehead atoms. The number of hydrogen-bond donors (Lipinski definition) is 3. The fourth-order valence-corrected chi connectivity index (χ4v) is 1.59. The molecule has 2 amide bonds. The summed E-state index contributed by atoms with van der Waals surface area (Å²) in [7, 11) is 1.51. The summed E-state index contributed by atoms with van der Waals surface area (Å²) >= 11 is 0. The van der Waals surface area contributed by atoms with Gasteiger partial charge in [0.25, 0.3) is 5.91 Å². The van der Waals surface area contributed by atoms with Crippen LogP contribution in [0.2, 0.25) is 0 Å². The van der Waals surface area contributed by atoms with Crippen LogP contribution in [0.1, 0.15) is 28.4 Å². The quantitative estimate of drug-likeness (QED) is 0.689. The molecule has 0 aliphatic heterocycles. The highest BCUT2D eigenvalue weighted by atomic mass is 16.2. The van der Waals surface area contributed by atoms with Gasteiger partial charge in [-0.05, 0) is 31.5 Å². The minimum Gasteiger partial charge on any atom is -0.384 e. The topological polar surface area (TPSA) is 78.4 Å². The van der Waals surface area contributed by atoms with Crippen molar-refractivity contribution < 1.29 is 14.7 Å². The number of hydrogen-bond acceptors (Lipinski definition) is 3. The van der Waals surface area contributed by atoms with E-state index in [2.05, 4.69) is 22.5 Å². The molecule has 1 aromatic carbocycles. The van der Waals surface area contributed by atoms with Gasteiger partial charge in [-0.3, -0.25) is 9.59 Å². The fourth-order valence-electron chi connectivity index (χ4n) is 1.59. The highest BCUT2D eigenvalue weighted by Gasteiger charge is 2.15. The number of aliphatic hydroxyl groups is 1. The highest BCUT2D eigenvalue weighted by Crippen LogP contribution is 2.10. The summed E-state index contributed by atoms with van der Waals surface area (Å²) in [6.07, 6.45) is 0. The molecule has 0 heterocycles. The number of amides is 2. The first kappa shape index (κ1) is 15.7. The van der Waals surface area contributed by atoms with Crippen LogP contribution in [0, 0.1) is 18.8 Å². The van der Waals surface area contributed by atoms with Crippen molar-refractivity contribution in [2.24, 2.45) is 0 Å². The van der Waals surface area contributed by atoms with E-state index in [0.29, 0.717) is 11.1 Å². The Morgan fingerprint density at radius 2 is 2.10 bits per heavy atom. The number of carbonyl (C=O) groups is 2. The van der Waals surface area contributed by atoms with Gasteiger partial charge in [-0.25, -0.2) is 0 Å². The Labute approximate surface area is 118 Å². The Balaban J connectivity index is 2.91. The lowest BCUT2D eigenvalue weighted by Crippen LogP contribution is -2.43. The summed E-state index contributed by atoms with van der Waals surface area (Å²) in [6.45, 7) is 3.25. The molecule has 1 aromatic rings. The SMILES string of the molecule is CNC(=O)C(C)NC(=O)c1ccc(C)c(C#CCO)c1. The van der Waals surface area contributed by atoms with Crippen molar-refractivity contribution >= 4 is 11.8 Å². The van der Waals surface area contributed by atoms with Gasteiger partial charge in [0, 0.05) is 18.2 Å². The zero-order valence-electron chi connectivity index (χ0n) is 11.8. The van der Waals surface area contributed by atoms with Gasteiger partial charge in [0.15, 0.2) is 0 Å². The monoisotopic (exact) mass is 274 g/mol. The first-order valence-electron chi connectivity index (χ1n) is 6.22. The van der Waals surface area contributed by atoms with Crippen LogP contribution in [0.5, 0.6) is 0 Å². The number of benzene rings is 1. The molecule has 0 radical (unpaired) electrons. The molecular weight excluding hydrogens is 256 g/mol. The first-order valence-corrected chi connectivity index (χ1v) is 6.22. The summed E-state index contributed by atoms with van der Waals surface area (Å²) in [5.41, 5.74) is 2.02. The lowest BCUT2D eigenvalue weighted by Gasteiger charge is -2.12. The van der Waals surface area contributed by atoms with E-state index in [0.717, 1.165) is 5.56 Å². The maximum atomic E-state index is 12.0. The van der Waals surface area contributed by atoms with E-state index in [1.165, 1.54) is 7.05 Å². The molecule has 5 nitrogen and oxygen atoms in total. The Bertz CT molecular complexity index is 570. The van der Waals surface area contributed by atoms with Gasteiger partial charge < -0.3 is 15.7 Å². The third kappa shape index (κ3) is 4.11. The zero-order valence-corrected chi connectivity index (χ0v) is 11.8. The minimum atomic E-state index is -0.610. The average molecular weight is 274 g/mol. The van der Waals surface area contributed by atoms with E-state index >= 15 is 0 Å². The number of aliphatic hydroxyl groups excluding tert-OH is 1. The van der Waals surface area contributed by atoms with Gasteiger partial charge in [-0.1, -0.05) is 17.9 Å². The summed E-state index contributed by atoms with van der Waals surface area (Å²) < 4.78 is 0. The average Bonchev–Trinajstić information content (AvgIpc) is 2.45. The van der Waals surface area contributed by atoms with E-state index in [4.69, 9.17) is 5.11 Å². The Morgan fingerprint density at radius 3 is 2.70 bits per heavy atom. The van der Waals surface area contributed by atoms with Crippen LogP contribution in [0.3, 0.4) is 0 Å². The maximum Gasteiger partial charge on any atom is 0.251 e. The third-order valence-electron chi connectivity index (χ3n) is 2.79. The lowest BCUT2D eigenvalue weighted by atomic mass is 10.0. The second kappa shape index (κ2) is 7.31. The number of likely N-dealkylation sites (N-methyl/N-ethyl adjacent to an activating group) is 1. The van der Waals surface area contributed by atoms with Crippen molar-refractivity contribution in [1.29, 1.82) is 0 Å². The van der Waals surface area contributed by atoms with Crippen LogP contribution in [0.15, 0.2) is 18.2 Å². The van der Waals surface area contributed by atoms with Gasteiger partial charge in [-0.2, -0.15) is 0 Å². The Kier molecular flexibility index (Phi) is 5.75. The summed E-state index contributed by atoms with van der Waals surface area (Å²) in [5.74, 6) is 4.74. The second-order valence-corrected chi connectivity index (χ2v) is 4.30. The molecule has 1 rings (SSSR count). The number of carbonyl (C=O) groups excluding carboxylic acids is 2. The molecule has 0 aromatic heterocycles. The van der Waals surface area contributed by atoms with Gasteiger partial charge in [0.2, 0.25) is 5.91 Å². The van der Waals surface area contributed by atoms with Crippen LogP contribution < -0.4 is 10.6 Å². The molecule has 1 unspecified atom stereocenters. The van der Waals surface area contributed by atoms with Crippen LogP contribution >= 0.6 is 0 Å². The van der Waals surface area contributed by atoms with Crippen molar-refractivity contribution in [3.05, 3.63) is 34.9 Å². The van der Waals surface area contributed by atoms with E-state index in [1.807, 2.05) is 6.92 Å².